The van der Waals surface area contributed by atoms with Crippen LogP contribution in [-0.2, 0) is 14.8 Å². The fourth-order valence-corrected chi connectivity index (χ4v) is 4.75. The second kappa shape index (κ2) is 11.1. The van der Waals surface area contributed by atoms with Gasteiger partial charge in [-0.2, -0.15) is 0 Å². The van der Waals surface area contributed by atoms with E-state index in [0.717, 1.165) is 15.4 Å². The van der Waals surface area contributed by atoms with Crippen molar-refractivity contribution in [3.05, 3.63) is 83.9 Å². The van der Waals surface area contributed by atoms with Crippen LogP contribution < -0.4 is 19.1 Å². The van der Waals surface area contributed by atoms with E-state index in [-0.39, 0.29) is 23.2 Å². The molecule has 1 N–H and O–H groups in total. The van der Waals surface area contributed by atoms with E-state index in [2.05, 4.69) is 5.32 Å². The van der Waals surface area contributed by atoms with Gasteiger partial charge in [-0.15, -0.1) is 0 Å². The van der Waals surface area contributed by atoms with Crippen LogP contribution >= 0.6 is 0 Å². The van der Waals surface area contributed by atoms with E-state index < -0.39 is 22.5 Å². The monoisotopic (exact) mass is 482 g/mol. The normalized spacial score (nSPS) is 12.0. The first-order valence-electron chi connectivity index (χ1n) is 10.9. The average molecular weight is 483 g/mol. The number of nitrogens with zero attached hydrogens (tertiary/aromatic N) is 1. The number of benzene rings is 3. The van der Waals surface area contributed by atoms with E-state index in [9.17, 15) is 13.2 Å². The van der Waals surface area contributed by atoms with Crippen molar-refractivity contribution >= 4 is 21.6 Å². The van der Waals surface area contributed by atoms with Crippen molar-refractivity contribution in [1.29, 1.82) is 0 Å². The first-order valence-corrected chi connectivity index (χ1v) is 12.4. The molecule has 8 heteroatoms. The molecule has 0 saturated heterocycles. The highest BCUT2D eigenvalue weighted by Crippen LogP contribution is 2.32. The number of ether oxygens (including phenoxy) is 2. The number of carbonyl (C=O) groups is 1. The SMILES string of the molecule is COc1ccccc1N(CC(=O)NC(C)COc1ccc(C)cc1)S(=O)(=O)c1ccc(C)cc1. The van der Waals surface area contributed by atoms with Crippen molar-refractivity contribution in [3.63, 3.8) is 0 Å². The molecule has 0 aliphatic carbocycles. The molecule has 0 fully saturated rings. The third-order valence-electron chi connectivity index (χ3n) is 5.18. The highest BCUT2D eigenvalue weighted by molar-refractivity contribution is 7.92. The maximum absolute atomic E-state index is 13.5. The third kappa shape index (κ3) is 6.29. The fraction of sp³-hybridized carbons (Fsp3) is 0.269. The molecule has 180 valence electrons. The van der Waals surface area contributed by atoms with E-state index >= 15 is 0 Å². The van der Waals surface area contributed by atoms with Gasteiger partial charge in [0.25, 0.3) is 10.0 Å². The minimum absolute atomic E-state index is 0.0903. The van der Waals surface area contributed by atoms with Gasteiger partial charge < -0.3 is 14.8 Å². The van der Waals surface area contributed by atoms with E-state index in [1.165, 1.54) is 19.2 Å². The largest absolute Gasteiger partial charge is 0.495 e. The van der Waals surface area contributed by atoms with Crippen LogP contribution in [0.25, 0.3) is 0 Å². The summed E-state index contributed by atoms with van der Waals surface area (Å²) in [5.74, 6) is 0.590. The highest BCUT2D eigenvalue weighted by Gasteiger charge is 2.29. The molecule has 1 atom stereocenters. The molecule has 0 heterocycles. The van der Waals surface area contributed by atoms with E-state index in [0.29, 0.717) is 11.5 Å². The van der Waals surface area contributed by atoms with Gasteiger partial charge in [0.15, 0.2) is 0 Å². The lowest BCUT2D eigenvalue weighted by Crippen LogP contribution is -2.45. The van der Waals surface area contributed by atoms with Crippen molar-refractivity contribution in [2.75, 3.05) is 24.6 Å². The van der Waals surface area contributed by atoms with Crippen LogP contribution in [0, 0.1) is 13.8 Å². The van der Waals surface area contributed by atoms with E-state index in [1.54, 1.807) is 43.3 Å². The number of methoxy groups -OCH3 is 1. The maximum atomic E-state index is 13.5. The highest BCUT2D eigenvalue weighted by atomic mass is 32.2. The lowest BCUT2D eigenvalue weighted by atomic mass is 10.2. The van der Waals surface area contributed by atoms with Crippen LogP contribution in [0.5, 0.6) is 11.5 Å². The second-order valence-corrected chi connectivity index (χ2v) is 9.95. The number of rotatable bonds is 10. The molecule has 3 aromatic carbocycles. The third-order valence-corrected chi connectivity index (χ3v) is 6.95. The number of hydrogen-bond donors (Lipinski definition) is 1. The number of amides is 1. The van der Waals surface area contributed by atoms with Gasteiger partial charge in [-0.3, -0.25) is 9.10 Å². The Labute approximate surface area is 201 Å². The van der Waals surface area contributed by atoms with E-state index in [4.69, 9.17) is 9.47 Å². The zero-order valence-corrected chi connectivity index (χ0v) is 20.6. The molecule has 34 heavy (non-hydrogen) atoms. The molecule has 0 aliphatic heterocycles. The predicted octanol–water partition coefficient (Wildman–Crippen LogP) is 4.09. The molecular weight excluding hydrogens is 452 g/mol. The summed E-state index contributed by atoms with van der Waals surface area (Å²) in [6.07, 6.45) is 0. The summed E-state index contributed by atoms with van der Waals surface area (Å²) in [5.41, 5.74) is 2.34. The van der Waals surface area contributed by atoms with Gasteiger partial charge in [-0.1, -0.05) is 47.5 Å². The summed E-state index contributed by atoms with van der Waals surface area (Å²) in [6.45, 7) is 5.50. The summed E-state index contributed by atoms with van der Waals surface area (Å²) in [7, 11) is -2.57. The van der Waals surface area contributed by atoms with Crippen molar-refractivity contribution in [2.24, 2.45) is 0 Å². The zero-order chi connectivity index (χ0) is 24.7. The van der Waals surface area contributed by atoms with Crippen molar-refractivity contribution in [1.82, 2.24) is 5.32 Å². The minimum Gasteiger partial charge on any atom is -0.495 e. The van der Waals surface area contributed by atoms with Crippen LogP contribution in [-0.4, -0.2) is 40.6 Å². The van der Waals surface area contributed by atoms with Crippen LogP contribution in [0.4, 0.5) is 5.69 Å². The Morgan fingerprint density at radius 3 is 2.15 bits per heavy atom. The number of carbonyl (C=O) groups excluding carboxylic acids is 1. The van der Waals surface area contributed by atoms with Gasteiger partial charge in [0.05, 0.1) is 23.7 Å². The quantitative estimate of drug-likeness (QED) is 0.471. The van der Waals surface area contributed by atoms with Crippen LogP contribution in [0.15, 0.2) is 77.7 Å². The first kappa shape index (κ1) is 25.1. The summed E-state index contributed by atoms with van der Waals surface area (Å²) in [6, 6.07) is 20.5. The van der Waals surface area contributed by atoms with Crippen LogP contribution in [0.3, 0.4) is 0 Å². The van der Waals surface area contributed by atoms with Crippen molar-refractivity contribution in [2.45, 2.75) is 31.7 Å². The predicted molar refractivity (Wildman–Crippen MR) is 133 cm³/mol. The van der Waals surface area contributed by atoms with Gasteiger partial charge >= 0.3 is 0 Å². The molecular formula is C26H30N2O5S. The number of sulfonamides is 1. The smallest absolute Gasteiger partial charge is 0.264 e. The first-order chi connectivity index (χ1) is 16.2. The number of hydrogen-bond acceptors (Lipinski definition) is 5. The van der Waals surface area contributed by atoms with Gasteiger partial charge in [-0.25, -0.2) is 8.42 Å². The van der Waals surface area contributed by atoms with E-state index in [1.807, 2.05) is 38.1 Å². The Morgan fingerprint density at radius 2 is 1.53 bits per heavy atom. The molecule has 0 bridgehead atoms. The van der Waals surface area contributed by atoms with Crippen LogP contribution in [0.2, 0.25) is 0 Å². The Morgan fingerprint density at radius 1 is 0.941 bits per heavy atom. The number of para-hydroxylation sites is 2. The van der Waals surface area contributed by atoms with Gasteiger partial charge in [0.2, 0.25) is 5.91 Å². The Kier molecular flexibility index (Phi) is 8.17. The van der Waals surface area contributed by atoms with Crippen LogP contribution in [0.1, 0.15) is 18.1 Å². The summed E-state index contributed by atoms with van der Waals surface area (Å²) < 4.78 is 39.3. The molecule has 1 unspecified atom stereocenters. The minimum atomic E-state index is -4.03. The van der Waals surface area contributed by atoms with Crippen molar-refractivity contribution in [3.8, 4) is 11.5 Å². The summed E-state index contributed by atoms with van der Waals surface area (Å²) in [4.78, 5) is 13.0. The lowest BCUT2D eigenvalue weighted by Gasteiger charge is -2.26. The summed E-state index contributed by atoms with van der Waals surface area (Å²) in [5, 5.41) is 2.82. The van der Waals surface area contributed by atoms with Gasteiger partial charge in [-0.05, 0) is 57.2 Å². The molecule has 0 aliphatic rings. The fourth-order valence-electron chi connectivity index (χ4n) is 3.32. The molecule has 1 amide bonds. The van der Waals surface area contributed by atoms with Gasteiger partial charge in [0, 0.05) is 0 Å². The molecule has 0 radical (unpaired) electrons. The molecule has 0 saturated carbocycles. The number of aryl methyl sites for hydroxylation is 2. The number of nitrogens with one attached hydrogen (secondary N) is 1. The summed E-state index contributed by atoms with van der Waals surface area (Å²) >= 11 is 0. The topological polar surface area (TPSA) is 84.9 Å². The Bertz CT molecular complexity index is 1210. The molecule has 3 aromatic rings. The Hall–Kier alpha value is -3.52. The standard InChI is InChI=1S/C26H30N2O5S/c1-19-9-13-22(14-10-19)33-18-21(3)27-26(29)17-28(24-7-5-6-8-25(24)32-4)34(30,31)23-15-11-20(2)12-16-23/h5-16,21H,17-18H2,1-4H3,(H,27,29). The average Bonchev–Trinajstić information content (AvgIpc) is 2.82. The molecule has 0 spiro atoms. The lowest BCUT2D eigenvalue weighted by molar-refractivity contribution is -0.120. The molecule has 7 nitrogen and oxygen atoms in total. The molecule has 0 aromatic heterocycles. The molecule has 3 rings (SSSR count). The van der Waals surface area contributed by atoms with Gasteiger partial charge in [0.1, 0.15) is 24.7 Å². The Balaban J connectivity index is 1.79. The zero-order valence-electron chi connectivity index (χ0n) is 19.8. The van der Waals surface area contributed by atoms with Crippen molar-refractivity contribution < 1.29 is 22.7 Å². The number of anilines is 1. The maximum Gasteiger partial charge on any atom is 0.264 e. The second-order valence-electron chi connectivity index (χ2n) is 8.09.